The van der Waals surface area contributed by atoms with Crippen molar-refractivity contribution in [2.75, 3.05) is 18.4 Å². The zero-order valence-electron chi connectivity index (χ0n) is 18.4. The maximum absolute atomic E-state index is 13.7. The monoisotopic (exact) mass is 451 g/mol. The van der Waals surface area contributed by atoms with Gasteiger partial charge in [-0.1, -0.05) is 24.2 Å². The summed E-state index contributed by atoms with van der Waals surface area (Å²) >= 11 is 0. The van der Waals surface area contributed by atoms with Crippen molar-refractivity contribution in [1.82, 2.24) is 10.1 Å². The summed E-state index contributed by atoms with van der Waals surface area (Å²) in [6.07, 6.45) is -4.26. The molecule has 2 amide bonds. The van der Waals surface area contributed by atoms with Crippen LogP contribution < -0.4 is 10.1 Å². The van der Waals surface area contributed by atoms with Crippen LogP contribution in [-0.2, 0) is 0 Å². The first-order chi connectivity index (χ1) is 15.2. The molecule has 9 heteroatoms. The van der Waals surface area contributed by atoms with Crippen LogP contribution in [0.1, 0.15) is 48.9 Å². The molecule has 174 valence electrons. The van der Waals surface area contributed by atoms with Crippen molar-refractivity contribution < 1.29 is 27.2 Å². The number of ether oxygens (including phenoxy) is 1. The molecule has 4 atom stereocenters. The molecule has 1 N–H and O–H groups in total. The number of alkyl halides is 3. The molecular formula is C23H28F3N3O3. The summed E-state index contributed by atoms with van der Waals surface area (Å²) in [6, 6.07) is 6.95. The summed E-state index contributed by atoms with van der Waals surface area (Å²) in [5.41, 5.74) is 2.63. The summed E-state index contributed by atoms with van der Waals surface area (Å²) in [6.45, 7) is 7.13. The van der Waals surface area contributed by atoms with E-state index in [0.717, 1.165) is 23.2 Å². The average Bonchev–Trinajstić information content (AvgIpc) is 3.27. The number of amides is 2. The highest BCUT2D eigenvalue weighted by Crippen LogP contribution is 2.68. The number of hydrogen-bond acceptors (Lipinski definition) is 4. The number of benzene rings is 1. The predicted molar refractivity (Wildman–Crippen MR) is 113 cm³/mol. The summed E-state index contributed by atoms with van der Waals surface area (Å²) in [5.74, 6) is 1.46. The fourth-order valence-corrected chi connectivity index (χ4v) is 4.87. The smallest absolute Gasteiger partial charge is 0.324 e. The maximum Gasteiger partial charge on any atom is 0.324 e. The predicted octanol–water partition coefficient (Wildman–Crippen LogP) is 5.67. The number of rotatable bonds is 7. The quantitative estimate of drug-likeness (QED) is 0.589. The first-order valence-electron chi connectivity index (χ1n) is 10.9. The van der Waals surface area contributed by atoms with Crippen LogP contribution in [0.2, 0.25) is 0 Å². The largest absolute Gasteiger partial charge is 0.460 e. The van der Waals surface area contributed by atoms with Crippen molar-refractivity contribution in [2.45, 2.75) is 58.7 Å². The van der Waals surface area contributed by atoms with Gasteiger partial charge in [0.1, 0.15) is 5.75 Å². The number of fused-ring (bicyclic) bond motifs is 1. The minimum atomic E-state index is -2.54. The molecule has 1 saturated heterocycles. The molecule has 4 unspecified atom stereocenters. The third-order valence-corrected chi connectivity index (χ3v) is 6.87. The van der Waals surface area contributed by atoms with Crippen LogP contribution >= 0.6 is 0 Å². The van der Waals surface area contributed by atoms with E-state index in [4.69, 9.17) is 9.26 Å². The Kier molecular flexibility index (Phi) is 6.09. The average molecular weight is 451 g/mol. The lowest BCUT2D eigenvalue weighted by atomic mass is 9.98. The second-order valence-corrected chi connectivity index (χ2v) is 9.02. The molecule has 1 saturated carbocycles. The van der Waals surface area contributed by atoms with Crippen LogP contribution in [0.25, 0.3) is 0 Å². The number of aryl methyl sites for hydroxylation is 1. The molecule has 4 rings (SSSR count). The van der Waals surface area contributed by atoms with Crippen molar-refractivity contribution in [1.29, 1.82) is 0 Å². The Morgan fingerprint density at radius 3 is 2.62 bits per heavy atom. The molecule has 1 aromatic carbocycles. The zero-order valence-corrected chi connectivity index (χ0v) is 18.4. The van der Waals surface area contributed by atoms with E-state index in [-0.39, 0.29) is 17.9 Å². The first kappa shape index (κ1) is 22.5. The number of anilines is 1. The van der Waals surface area contributed by atoms with E-state index in [2.05, 4.69) is 17.4 Å². The molecule has 1 aliphatic heterocycles. The Hall–Kier alpha value is -2.71. The van der Waals surface area contributed by atoms with E-state index >= 15 is 0 Å². The lowest BCUT2D eigenvalue weighted by molar-refractivity contribution is 0.0346. The van der Waals surface area contributed by atoms with Crippen molar-refractivity contribution in [3.63, 3.8) is 0 Å². The van der Waals surface area contributed by atoms with Gasteiger partial charge in [-0.15, -0.1) is 0 Å². The number of nitrogens with zero attached hydrogens (tertiary/aromatic N) is 2. The molecule has 0 radical (unpaired) electrons. The number of halogens is 3. The molecular weight excluding hydrogens is 423 g/mol. The number of nitrogens with one attached hydrogen (secondary N) is 1. The van der Waals surface area contributed by atoms with Gasteiger partial charge in [0.05, 0.1) is 5.69 Å². The van der Waals surface area contributed by atoms with E-state index in [1.165, 1.54) is 0 Å². The van der Waals surface area contributed by atoms with Crippen LogP contribution in [0, 0.1) is 25.2 Å². The molecule has 2 heterocycles. The summed E-state index contributed by atoms with van der Waals surface area (Å²) in [5, 5.41) is 6.68. The first-order valence-corrected chi connectivity index (χ1v) is 10.9. The van der Waals surface area contributed by atoms with E-state index in [1.54, 1.807) is 12.1 Å². The van der Waals surface area contributed by atoms with Crippen molar-refractivity contribution in [3.8, 4) is 5.75 Å². The van der Waals surface area contributed by atoms with Crippen molar-refractivity contribution in [2.24, 2.45) is 11.3 Å². The standard InChI is InChI=1S/C23H28F3N3O3/c1-13-14(2)28-32-21(13)27-22(30)29-11-10-17-20(23(17,3)12-29)15-4-6-16(7-5-15)31-19(26)9-8-18(24)25/h4-7,17-20H,8-12H2,1-3H3,(H,27,30). The number of carbonyl (C=O) groups excluding carboxylic acids is 1. The highest BCUT2D eigenvalue weighted by atomic mass is 19.3. The van der Waals surface area contributed by atoms with E-state index in [0.29, 0.717) is 36.6 Å². The van der Waals surface area contributed by atoms with Crippen LogP contribution in [0.3, 0.4) is 0 Å². The van der Waals surface area contributed by atoms with E-state index < -0.39 is 19.2 Å². The lowest BCUT2D eigenvalue weighted by Crippen LogP contribution is -2.42. The summed E-state index contributed by atoms with van der Waals surface area (Å²) < 4.78 is 48.4. The second-order valence-electron chi connectivity index (χ2n) is 9.02. The highest BCUT2D eigenvalue weighted by Gasteiger charge is 2.63. The van der Waals surface area contributed by atoms with Crippen LogP contribution in [0.4, 0.5) is 23.8 Å². The van der Waals surface area contributed by atoms with Crippen LogP contribution in [0.15, 0.2) is 28.8 Å². The van der Waals surface area contributed by atoms with Gasteiger partial charge in [0.2, 0.25) is 18.7 Å². The Morgan fingerprint density at radius 2 is 2.00 bits per heavy atom. The van der Waals surface area contributed by atoms with Crippen molar-refractivity contribution in [3.05, 3.63) is 41.1 Å². The Bertz CT molecular complexity index is 965. The second kappa shape index (κ2) is 8.67. The van der Waals surface area contributed by atoms with Gasteiger partial charge >= 0.3 is 6.03 Å². The normalized spacial score (nSPS) is 25.4. The number of piperidine rings is 1. The minimum absolute atomic E-state index is 0.0375. The van der Waals surface area contributed by atoms with Gasteiger partial charge in [-0.2, -0.15) is 0 Å². The zero-order chi connectivity index (χ0) is 23.0. The molecule has 2 aromatic rings. The number of likely N-dealkylation sites (tertiary alicyclic amines) is 1. The third kappa shape index (κ3) is 4.42. The van der Waals surface area contributed by atoms with Gasteiger partial charge in [0.25, 0.3) is 0 Å². The number of aromatic nitrogens is 1. The van der Waals surface area contributed by atoms with Crippen LogP contribution in [0.5, 0.6) is 5.75 Å². The van der Waals surface area contributed by atoms with Gasteiger partial charge in [-0.25, -0.2) is 18.0 Å². The molecule has 2 aliphatic rings. The van der Waals surface area contributed by atoms with Gasteiger partial charge in [0, 0.05) is 31.5 Å². The van der Waals surface area contributed by atoms with Crippen LogP contribution in [-0.4, -0.2) is 42.0 Å². The topological polar surface area (TPSA) is 67.6 Å². The van der Waals surface area contributed by atoms with Gasteiger partial charge < -0.3 is 14.2 Å². The number of hydrogen-bond donors (Lipinski definition) is 1. The van der Waals surface area contributed by atoms with Gasteiger partial charge in [0.15, 0.2) is 0 Å². The minimum Gasteiger partial charge on any atom is -0.460 e. The van der Waals surface area contributed by atoms with Crippen molar-refractivity contribution >= 4 is 11.9 Å². The van der Waals surface area contributed by atoms with E-state index in [9.17, 15) is 18.0 Å². The molecule has 32 heavy (non-hydrogen) atoms. The van der Waals surface area contributed by atoms with Gasteiger partial charge in [-0.05, 0) is 55.2 Å². The molecule has 1 aliphatic carbocycles. The fraction of sp³-hybridized carbons (Fsp3) is 0.565. The highest BCUT2D eigenvalue weighted by molar-refractivity contribution is 5.88. The Labute approximate surface area is 185 Å². The SMILES string of the molecule is Cc1noc(NC(=O)N2CCC3C(c4ccc(OC(F)CCC(F)F)cc4)C3(C)C2)c1C. The lowest BCUT2D eigenvalue weighted by Gasteiger charge is -2.30. The number of carbonyl (C=O) groups is 1. The molecule has 0 bridgehead atoms. The summed E-state index contributed by atoms with van der Waals surface area (Å²) in [7, 11) is 0. The molecule has 2 fully saturated rings. The number of urea groups is 1. The Balaban J connectivity index is 1.35. The maximum atomic E-state index is 13.7. The van der Waals surface area contributed by atoms with E-state index in [1.807, 2.05) is 30.9 Å². The molecule has 6 nitrogen and oxygen atoms in total. The summed E-state index contributed by atoms with van der Waals surface area (Å²) in [4.78, 5) is 14.6. The Morgan fingerprint density at radius 1 is 1.28 bits per heavy atom. The fourth-order valence-electron chi connectivity index (χ4n) is 4.87. The third-order valence-electron chi connectivity index (χ3n) is 6.87. The molecule has 0 spiro atoms. The molecule has 1 aromatic heterocycles. The van der Waals surface area contributed by atoms with Gasteiger partial charge in [-0.3, -0.25) is 5.32 Å².